The molecule has 1 aliphatic carbocycles. The number of aromatic nitrogens is 2. The minimum atomic E-state index is -0.709. The van der Waals surface area contributed by atoms with Crippen LogP contribution in [0.3, 0.4) is 0 Å². The van der Waals surface area contributed by atoms with Gasteiger partial charge in [-0.15, -0.1) is 0 Å². The predicted molar refractivity (Wildman–Crippen MR) is 51.1 cm³/mol. The number of carboxylic acid groups (broad SMARTS) is 1. The van der Waals surface area contributed by atoms with Crippen molar-refractivity contribution in [2.45, 2.75) is 38.1 Å². The summed E-state index contributed by atoms with van der Waals surface area (Å²) in [5, 5.41) is 9.23. The third kappa shape index (κ3) is 1.06. The van der Waals surface area contributed by atoms with E-state index in [1.54, 1.807) is 12.5 Å². The Morgan fingerprint density at radius 3 is 2.86 bits per heavy atom. The highest BCUT2D eigenvalue weighted by molar-refractivity contribution is 5.81. The lowest BCUT2D eigenvalue weighted by Gasteiger charge is -2.37. The van der Waals surface area contributed by atoms with E-state index in [1.807, 2.05) is 11.5 Å². The van der Waals surface area contributed by atoms with Gasteiger partial charge in [0.15, 0.2) is 0 Å². The monoisotopic (exact) mass is 194 g/mol. The first-order valence-corrected chi connectivity index (χ1v) is 4.95. The van der Waals surface area contributed by atoms with Crippen molar-refractivity contribution >= 4 is 5.97 Å². The largest absolute Gasteiger partial charge is 0.481 e. The zero-order valence-corrected chi connectivity index (χ0v) is 8.23. The van der Waals surface area contributed by atoms with Gasteiger partial charge in [-0.25, -0.2) is 4.98 Å². The minimum Gasteiger partial charge on any atom is -0.481 e. The number of aryl methyl sites for hydroxylation is 1. The van der Waals surface area contributed by atoms with Crippen molar-refractivity contribution in [3.05, 3.63) is 18.2 Å². The molecular formula is C10H14N2O2. The van der Waals surface area contributed by atoms with Crippen LogP contribution in [0.15, 0.2) is 12.5 Å². The van der Waals surface area contributed by atoms with Crippen LogP contribution in [0.1, 0.15) is 31.9 Å². The Morgan fingerprint density at radius 1 is 1.71 bits per heavy atom. The van der Waals surface area contributed by atoms with Gasteiger partial charge in [0.25, 0.3) is 0 Å². The number of carboxylic acids is 1. The lowest BCUT2D eigenvalue weighted by Crippen LogP contribution is -2.43. The normalized spacial score (nSPS) is 18.9. The number of aliphatic carboxylic acids is 1. The highest BCUT2D eigenvalue weighted by atomic mass is 16.4. The lowest BCUT2D eigenvalue weighted by molar-refractivity contribution is -0.147. The van der Waals surface area contributed by atoms with Crippen molar-refractivity contribution in [1.82, 2.24) is 9.55 Å². The maximum absolute atomic E-state index is 11.2. The molecule has 2 rings (SSSR count). The summed E-state index contributed by atoms with van der Waals surface area (Å²) in [5.74, 6) is -0.709. The third-order valence-corrected chi connectivity index (χ3v) is 3.16. The fraction of sp³-hybridized carbons (Fsp3) is 0.600. The van der Waals surface area contributed by atoms with Crippen LogP contribution in [0.25, 0.3) is 0 Å². The molecular weight excluding hydrogens is 180 g/mol. The summed E-state index contributed by atoms with van der Waals surface area (Å²) in [7, 11) is 0. The second kappa shape index (κ2) is 3.12. The summed E-state index contributed by atoms with van der Waals surface area (Å²) in [4.78, 5) is 15.3. The van der Waals surface area contributed by atoms with E-state index in [9.17, 15) is 9.90 Å². The van der Waals surface area contributed by atoms with Crippen molar-refractivity contribution in [1.29, 1.82) is 0 Å². The van der Waals surface area contributed by atoms with Gasteiger partial charge in [0.1, 0.15) is 5.41 Å². The van der Waals surface area contributed by atoms with E-state index in [0.717, 1.165) is 31.5 Å². The number of nitrogens with zero attached hydrogens (tertiary/aromatic N) is 2. The van der Waals surface area contributed by atoms with E-state index in [2.05, 4.69) is 4.98 Å². The zero-order valence-electron chi connectivity index (χ0n) is 8.23. The Hall–Kier alpha value is -1.32. The molecule has 14 heavy (non-hydrogen) atoms. The van der Waals surface area contributed by atoms with Crippen LogP contribution in [0, 0.1) is 0 Å². The molecule has 4 nitrogen and oxygen atoms in total. The second-order valence-corrected chi connectivity index (χ2v) is 3.81. The molecule has 0 atom stereocenters. The van der Waals surface area contributed by atoms with Crippen LogP contribution in [-0.2, 0) is 16.8 Å². The predicted octanol–water partition coefficient (Wildman–Crippen LogP) is 1.41. The van der Waals surface area contributed by atoms with E-state index in [-0.39, 0.29) is 0 Å². The summed E-state index contributed by atoms with van der Waals surface area (Å²) >= 11 is 0. The Balaban J connectivity index is 2.41. The lowest BCUT2D eigenvalue weighted by atomic mass is 9.66. The molecule has 4 heteroatoms. The molecule has 0 bridgehead atoms. The van der Waals surface area contributed by atoms with E-state index >= 15 is 0 Å². The van der Waals surface area contributed by atoms with Crippen molar-refractivity contribution in [3.8, 4) is 0 Å². The molecule has 1 N–H and O–H groups in total. The second-order valence-electron chi connectivity index (χ2n) is 3.81. The Bertz CT molecular complexity index is 353. The van der Waals surface area contributed by atoms with Crippen molar-refractivity contribution in [2.75, 3.05) is 0 Å². The molecule has 1 fully saturated rings. The summed E-state index contributed by atoms with van der Waals surface area (Å²) < 4.78 is 1.92. The Kier molecular flexibility index (Phi) is 2.06. The number of hydrogen-bond donors (Lipinski definition) is 1. The first kappa shape index (κ1) is 9.24. The van der Waals surface area contributed by atoms with Crippen LogP contribution >= 0.6 is 0 Å². The number of carbonyl (C=O) groups is 1. The smallest absolute Gasteiger partial charge is 0.315 e. The van der Waals surface area contributed by atoms with Crippen molar-refractivity contribution < 1.29 is 9.90 Å². The summed E-state index contributed by atoms with van der Waals surface area (Å²) in [6.45, 7) is 2.78. The maximum atomic E-state index is 11.2. The molecule has 1 saturated carbocycles. The zero-order chi connectivity index (χ0) is 10.2. The van der Waals surface area contributed by atoms with Gasteiger partial charge in [-0.05, 0) is 19.8 Å². The molecule has 76 valence electrons. The van der Waals surface area contributed by atoms with E-state index in [4.69, 9.17) is 0 Å². The van der Waals surface area contributed by atoms with Crippen LogP contribution in [0.4, 0.5) is 0 Å². The number of imidazole rings is 1. The molecule has 1 heterocycles. The minimum absolute atomic E-state index is 0.646. The van der Waals surface area contributed by atoms with E-state index < -0.39 is 11.4 Å². The van der Waals surface area contributed by atoms with Crippen molar-refractivity contribution in [3.63, 3.8) is 0 Å². The molecule has 0 radical (unpaired) electrons. The Labute approximate surface area is 82.6 Å². The molecule has 1 aromatic rings. The van der Waals surface area contributed by atoms with Crippen LogP contribution in [0.5, 0.6) is 0 Å². The van der Waals surface area contributed by atoms with Gasteiger partial charge in [-0.1, -0.05) is 6.42 Å². The molecule has 0 spiro atoms. The van der Waals surface area contributed by atoms with Gasteiger partial charge in [-0.2, -0.15) is 0 Å². The summed E-state index contributed by atoms with van der Waals surface area (Å²) in [6.07, 6.45) is 5.89. The fourth-order valence-electron chi connectivity index (χ4n) is 2.08. The number of rotatable bonds is 3. The molecule has 1 aliphatic rings. The molecule has 0 aromatic carbocycles. The Morgan fingerprint density at radius 2 is 2.43 bits per heavy atom. The maximum Gasteiger partial charge on any atom is 0.315 e. The van der Waals surface area contributed by atoms with E-state index in [1.165, 1.54) is 0 Å². The molecule has 0 aliphatic heterocycles. The number of hydrogen-bond acceptors (Lipinski definition) is 2. The summed E-state index contributed by atoms with van der Waals surface area (Å²) in [5.41, 5.74) is 0.214. The summed E-state index contributed by atoms with van der Waals surface area (Å²) in [6, 6.07) is 0. The van der Waals surface area contributed by atoms with Gasteiger partial charge in [0.05, 0.1) is 12.0 Å². The average Bonchev–Trinajstić information content (AvgIpc) is 2.50. The topological polar surface area (TPSA) is 55.1 Å². The average molecular weight is 194 g/mol. The highest BCUT2D eigenvalue weighted by Crippen LogP contribution is 2.43. The third-order valence-electron chi connectivity index (χ3n) is 3.16. The van der Waals surface area contributed by atoms with Gasteiger partial charge in [0, 0.05) is 12.7 Å². The first-order valence-electron chi connectivity index (χ1n) is 4.95. The standard InChI is InChI=1S/C10H14N2O2/c1-2-12-7-11-6-8(12)10(9(13)14)4-3-5-10/h6-7H,2-5H2,1H3,(H,13,14). The van der Waals surface area contributed by atoms with Crippen LogP contribution in [0.2, 0.25) is 0 Å². The van der Waals surface area contributed by atoms with Gasteiger partial charge in [0.2, 0.25) is 0 Å². The molecule has 0 unspecified atom stereocenters. The van der Waals surface area contributed by atoms with Crippen LogP contribution < -0.4 is 0 Å². The van der Waals surface area contributed by atoms with Gasteiger partial charge in [-0.3, -0.25) is 4.79 Å². The SMILES string of the molecule is CCn1cncc1C1(C(=O)O)CCC1. The molecule has 1 aromatic heterocycles. The first-order chi connectivity index (χ1) is 6.70. The molecule has 0 saturated heterocycles. The van der Waals surface area contributed by atoms with Gasteiger partial charge >= 0.3 is 5.97 Å². The van der Waals surface area contributed by atoms with E-state index in [0.29, 0.717) is 0 Å². The van der Waals surface area contributed by atoms with Crippen molar-refractivity contribution in [2.24, 2.45) is 0 Å². The fourth-order valence-corrected chi connectivity index (χ4v) is 2.08. The van der Waals surface area contributed by atoms with Gasteiger partial charge < -0.3 is 9.67 Å². The quantitative estimate of drug-likeness (QED) is 0.791. The van der Waals surface area contributed by atoms with Crippen LogP contribution in [-0.4, -0.2) is 20.6 Å². The molecule has 0 amide bonds. The highest BCUT2D eigenvalue weighted by Gasteiger charge is 2.47.